The molecule has 1 aromatic heterocycles. The third-order valence-electron chi connectivity index (χ3n) is 4.26. The van der Waals surface area contributed by atoms with Crippen LogP contribution in [0.5, 0.6) is 0 Å². The SMILES string of the molecule is Cc1nc(-c2ccc(Cl)cc2)sc1CC(=O)CC1CCCNC1. The molecule has 1 aliphatic heterocycles. The maximum absolute atomic E-state index is 12.4. The Kier molecular flexibility index (Phi) is 5.46. The lowest BCUT2D eigenvalue weighted by molar-refractivity contribution is -0.119. The number of piperidine rings is 1. The molecule has 2 aromatic rings. The number of hydrogen-bond donors (Lipinski definition) is 1. The Hall–Kier alpha value is -1.23. The summed E-state index contributed by atoms with van der Waals surface area (Å²) in [4.78, 5) is 18.1. The number of carbonyl (C=O) groups excluding carboxylic acids is 1. The van der Waals surface area contributed by atoms with Crippen LogP contribution in [0, 0.1) is 12.8 Å². The minimum absolute atomic E-state index is 0.327. The molecule has 2 heterocycles. The van der Waals surface area contributed by atoms with Crippen LogP contribution in [-0.4, -0.2) is 23.9 Å². The summed E-state index contributed by atoms with van der Waals surface area (Å²) in [6.45, 7) is 4.05. The van der Waals surface area contributed by atoms with Crippen molar-refractivity contribution in [2.45, 2.75) is 32.6 Å². The van der Waals surface area contributed by atoms with Crippen LogP contribution < -0.4 is 5.32 Å². The van der Waals surface area contributed by atoms with E-state index in [0.717, 1.165) is 45.7 Å². The van der Waals surface area contributed by atoms with E-state index in [1.807, 2.05) is 31.2 Å². The number of rotatable bonds is 5. The number of aryl methyl sites for hydroxylation is 1. The van der Waals surface area contributed by atoms with Crippen LogP contribution in [0.1, 0.15) is 29.8 Å². The lowest BCUT2D eigenvalue weighted by Crippen LogP contribution is -2.31. The molecule has 1 atom stereocenters. The summed E-state index contributed by atoms with van der Waals surface area (Å²) >= 11 is 7.55. The number of nitrogens with one attached hydrogen (secondary N) is 1. The van der Waals surface area contributed by atoms with Crippen LogP contribution in [0.3, 0.4) is 0 Å². The highest BCUT2D eigenvalue weighted by Gasteiger charge is 2.19. The monoisotopic (exact) mass is 348 g/mol. The zero-order valence-electron chi connectivity index (χ0n) is 13.3. The average Bonchev–Trinajstić information content (AvgIpc) is 2.90. The number of ketones is 1. The number of hydrogen-bond acceptors (Lipinski definition) is 4. The Balaban J connectivity index is 1.66. The van der Waals surface area contributed by atoms with Gasteiger partial charge >= 0.3 is 0 Å². The van der Waals surface area contributed by atoms with Crippen molar-refractivity contribution in [2.24, 2.45) is 5.92 Å². The Morgan fingerprint density at radius 3 is 2.87 bits per heavy atom. The average molecular weight is 349 g/mol. The number of carbonyl (C=O) groups is 1. The lowest BCUT2D eigenvalue weighted by atomic mass is 9.93. The zero-order valence-corrected chi connectivity index (χ0v) is 14.8. The van der Waals surface area contributed by atoms with E-state index in [0.29, 0.717) is 24.5 Å². The van der Waals surface area contributed by atoms with Gasteiger partial charge in [0.1, 0.15) is 10.8 Å². The molecular formula is C18H21ClN2OS. The number of benzene rings is 1. The summed E-state index contributed by atoms with van der Waals surface area (Å²) in [6, 6.07) is 7.68. The fourth-order valence-electron chi connectivity index (χ4n) is 2.98. The van der Waals surface area contributed by atoms with Crippen LogP contribution in [-0.2, 0) is 11.2 Å². The number of halogens is 1. The van der Waals surface area contributed by atoms with Gasteiger partial charge in [-0.3, -0.25) is 4.79 Å². The van der Waals surface area contributed by atoms with E-state index < -0.39 is 0 Å². The van der Waals surface area contributed by atoms with Gasteiger partial charge in [0.25, 0.3) is 0 Å². The molecule has 122 valence electrons. The van der Waals surface area contributed by atoms with Crippen molar-refractivity contribution in [1.29, 1.82) is 0 Å². The first kappa shape index (κ1) is 16.6. The van der Waals surface area contributed by atoms with E-state index in [9.17, 15) is 4.79 Å². The van der Waals surface area contributed by atoms with E-state index in [2.05, 4.69) is 10.3 Å². The fraction of sp³-hybridized carbons (Fsp3) is 0.444. The van der Waals surface area contributed by atoms with Crippen LogP contribution in [0.25, 0.3) is 10.6 Å². The maximum Gasteiger partial charge on any atom is 0.138 e. The molecule has 0 radical (unpaired) electrons. The van der Waals surface area contributed by atoms with E-state index >= 15 is 0 Å². The molecule has 1 fully saturated rings. The van der Waals surface area contributed by atoms with Crippen LogP contribution in [0.15, 0.2) is 24.3 Å². The summed E-state index contributed by atoms with van der Waals surface area (Å²) in [5, 5.41) is 5.05. The van der Waals surface area contributed by atoms with Gasteiger partial charge in [-0.05, 0) is 50.9 Å². The molecule has 0 saturated carbocycles. The van der Waals surface area contributed by atoms with Crippen molar-refractivity contribution < 1.29 is 4.79 Å². The van der Waals surface area contributed by atoms with Crippen molar-refractivity contribution in [3.05, 3.63) is 39.9 Å². The molecule has 5 heteroatoms. The normalized spacial score (nSPS) is 18.1. The van der Waals surface area contributed by atoms with Crippen molar-refractivity contribution >= 4 is 28.7 Å². The summed E-state index contributed by atoms with van der Waals surface area (Å²) in [5.41, 5.74) is 2.02. The molecule has 1 aliphatic rings. The molecule has 3 nitrogen and oxygen atoms in total. The van der Waals surface area contributed by atoms with E-state index in [1.165, 1.54) is 6.42 Å². The molecule has 1 saturated heterocycles. The Bertz CT molecular complexity index is 675. The molecule has 1 unspecified atom stereocenters. The predicted molar refractivity (Wildman–Crippen MR) is 96.2 cm³/mol. The Morgan fingerprint density at radius 2 is 2.17 bits per heavy atom. The van der Waals surface area contributed by atoms with Crippen LogP contribution >= 0.6 is 22.9 Å². The first-order valence-electron chi connectivity index (χ1n) is 8.06. The molecule has 3 rings (SSSR count). The lowest BCUT2D eigenvalue weighted by Gasteiger charge is -2.21. The molecular weight excluding hydrogens is 328 g/mol. The van der Waals surface area contributed by atoms with Gasteiger partial charge in [0, 0.05) is 28.3 Å². The highest BCUT2D eigenvalue weighted by Crippen LogP contribution is 2.29. The Morgan fingerprint density at radius 1 is 1.39 bits per heavy atom. The number of nitrogens with zero attached hydrogens (tertiary/aromatic N) is 1. The third-order valence-corrected chi connectivity index (χ3v) is 5.72. The van der Waals surface area contributed by atoms with Gasteiger partial charge in [-0.25, -0.2) is 4.98 Å². The second-order valence-corrected chi connectivity index (χ2v) is 7.69. The minimum atomic E-state index is 0.327. The van der Waals surface area contributed by atoms with Crippen molar-refractivity contribution in [3.8, 4) is 10.6 Å². The van der Waals surface area contributed by atoms with Gasteiger partial charge in [-0.15, -0.1) is 11.3 Å². The minimum Gasteiger partial charge on any atom is -0.316 e. The highest BCUT2D eigenvalue weighted by atomic mass is 35.5. The molecule has 23 heavy (non-hydrogen) atoms. The van der Waals surface area contributed by atoms with Gasteiger partial charge in [0.15, 0.2) is 0 Å². The van der Waals surface area contributed by atoms with Gasteiger partial charge in [-0.2, -0.15) is 0 Å². The molecule has 0 aliphatic carbocycles. The Labute approximate surface area is 146 Å². The van der Waals surface area contributed by atoms with E-state index in [-0.39, 0.29) is 0 Å². The van der Waals surface area contributed by atoms with Gasteiger partial charge in [0.2, 0.25) is 0 Å². The largest absolute Gasteiger partial charge is 0.316 e. The van der Waals surface area contributed by atoms with Gasteiger partial charge in [0.05, 0.1) is 5.69 Å². The molecule has 1 aromatic carbocycles. The third kappa shape index (κ3) is 4.40. The number of thiazole rings is 1. The molecule has 1 N–H and O–H groups in total. The van der Waals surface area contributed by atoms with Crippen molar-refractivity contribution in [2.75, 3.05) is 13.1 Å². The first-order chi connectivity index (χ1) is 11.1. The predicted octanol–water partition coefficient (Wildman–Crippen LogP) is 4.27. The highest BCUT2D eigenvalue weighted by molar-refractivity contribution is 7.15. The molecule has 0 bridgehead atoms. The topological polar surface area (TPSA) is 42.0 Å². The zero-order chi connectivity index (χ0) is 16.2. The summed E-state index contributed by atoms with van der Waals surface area (Å²) in [7, 11) is 0. The van der Waals surface area contributed by atoms with E-state index in [4.69, 9.17) is 11.6 Å². The van der Waals surface area contributed by atoms with Gasteiger partial charge in [-0.1, -0.05) is 23.7 Å². The van der Waals surface area contributed by atoms with Crippen molar-refractivity contribution in [1.82, 2.24) is 10.3 Å². The first-order valence-corrected chi connectivity index (χ1v) is 9.26. The molecule has 0 amide bonds. The number of aromatic nitrogens is 1. The maximum atomic E-state index is 12.4. The van der Waals surface area contributed by atoms with Crippen LogP contribution in [0.4, 0.5) is 0 Å². The summed E-state index contributed by atoms with van der Waals surface area (Å²) in [5.74, 6) is 0.827. The van der Waals surface area contributed by atoms with Crippen LogP contribution in [0.2, 0.25) is 5.02 Å². The van der Waals surface area contributed by atoms with E-state index in [1.54, 1.807) is 11.3 Å². The fourth-order valence-corrected chi connectivity index (χ4v) is 4.20. The summed E-state index contributed by atoms with van der Waals surface area (Å²) < 4.78 is 0. The number of Topliss-reactive ketones (excluding diaryl/α,β-unsaturated/α-hetero) is 1. The smallest absolute Gasteiger partial charge is 0.138 e. The summed E-state index contributed by atoms with van der Waals surface area (Å²) in [6.07, 6.45) is 3.53. The van der Waals surface area contributed by atoms with Crippen molar-refractivity contribution in [3.63, 3.8) is 0 Å². The second-order valence-electron chi connectivity index (χ2n) is 6.17. The quantitative estimate of drug-likeness (QED) is 0.877. The van der Waals surface area contributed by atoms with Gasteiger partial charge < -0.3 is 5.32 Å². The molecule has 0 spiro atoms. The second kappa shape index (κ2) is 7.56. The standard InChI is InChI=1S/C18H21ClN2OS/c1-12-17(10-16(22)9-13-3-2-8-20-11-13)23-18(21-12)14-4-6-15(19)7-5-14/h4-7,13,20H,2-3,8-11H2,1H3.